The maximum Gasteiger partial charge on any atom is 0.233 e. The van der Waals surface area contributed by atoms with Gasteiger partial charge in [0.05, 0.1) is 19.1 Å². The van der Waals surface area contributed by atoms with E-state index in [-0.39, 0.29) is 18.4 Å². The number of likely N-dealkylation sites (N-methyl/N-ethyl adjacent to an activating group) is 1. The van der Waals surface area contributed by atoms with Gasteiger partial charge in [0.2, 0.25) is 11.9 Å². The predicted molar refractivity (Wildman–Crippen MR) is 110 cm³/mol. The Morgan fingerprint density at radius 2 is 2.00 bits per heavy atom. The van der Waals surface area contributed by atoms with E-state index in [1.807, 2.05) is 32.9 Å². The average molecular weight is 382 g/mol. The minimum Gasteiger partial charge on any atom is -0.395 e. The summed E-state index contributed by atoms with van der Waals surface area (Å²) in [5.41, 5.74) is 3.98. The lowest BCUT2D eigenvalue weighted by Gasteiger charge is -2.21. The summed E-state index contributed by atoms with van der Waals surface area (Å²) in [4.78, 5) is 22.9. The number of aromatic nitrogens is 2. The van der Waals surface area contributed by atoms with Crippen LogP contribution in [0.4, 0.5) is 17.5 Å². The highest BCUT2D eigenvalue weighted by atomic mass is 16.3. The van der Waals surface area contributed by atoms with Crippen LogP contribution in [-0.4, -0.2) is 58.3 Å². The number of nitrogens with one attached hydrogen (secondary N) is 1. The third-order valence-electron chi connectivity index (χ3n) is 4.63. The van der Waals surface area contributed by atoms with Gasteiger partial charge < -0.3 is 15.3 Å². The first-order chi connectivity index (χ1) is 13.4. The second-order valence-electron chi connectivity index (χ2n) is 7.10. The molecule has 0 fully saturated rings. The molecule has 1 atom stereocenters. The highest BCUT2D eigenvalue weighted by Crippen LogP contribution is 2.24. The fourth-order valence-electron chi connectivity index (χ4n) is 3.26. The van der Waals surface area contributed by atoms with Crippen molar-refractivity contribution in [2.24, 2.45) is 11.0 Å². The van der Waals surface area contributed by atoms with E-state index in [4.69, 9.17) is 5.11 Å². The first-order valence-electron chi connectivity index (χ1n) is 9.24. The van der Waals surface area contributed by atoms with Crippen molar-refractivity contribution in [3.63, 3.8) is 0 Å². The Morgan fingerprint density at radius 1 is 1.29 bits per heavy atom. The Morgan fingerprint density at radius 3 is 2.68 bits per heavy atom. The topological polar surface area (TPSA) is 94.0 Å². The summed E-state index contributed by atoms with van der Waals surface area (Å²) in [5.74, 6) is 0.701. The van der Waals surface area contributed by atoms with Gasteiger partial charge >= 0.3 is 0 Å². The molecule has 28 heavy (non-hydrogen) atoms. The molecule has 1 unspecified atom stereocenters. The van der Waals surface area contributed by atoms with Gasteiger partial charge in [-0.15, -0.1) is 0 Å². The van der Waals surface area contributed by atoms with Gasteiger partial charge in [0.1, 0.15) is 0 Å². The predicted octanol–water partition coefficient (Wildman–Crippen LogP) is 2.10. The molecule has 1 aromatic carbocycles. The van der Waals surface area contributed by atoms with Crippen LogP contribution >= 0.6 is 0 Å². The lowest BCUT2D eigenvalue weighted by Crippen LogP contribution is -2.39. The molecule has 148 valence electrons. The van der Waals surface area contributed by atoms with Crippen LogP contribution < -0.4 is 10.3 Å². The van der Waals surface area contributed by atoms with Crippen LogP contribution in [0.5, 0.6) is 0 Å². The maximum absolute atomic E-state index is 12.6. The number of nitrogens with zero attached hydrogens (tertiary/aromatic N) is 5. The van der Waals surface area contributed by atoms with Crippen LogP contribution in [0.25, 0.3) is 0 Å². The highest BCUT2D eigenvalue weighted by molar-refractivity contribution is 6.05. The van der Waals surface area contributed by atoms with Crippen molar-refractivity contribution in [3.8, 4) is 0 Å². The quantitative estimate of drug-likeness (QED) is 0.795. The lowest BCUT2D eigenvalue weighted by atomic mass is 10.0. The van der Waals surface area contributed by atoms with E-state index in [1.165, 1.54) is 4.90 Å². The van der Waals surface area contributed by atoms with Gasteiger partial charge in [-0.05, 0) is 44.0 Å². The number of amides is 1. The molecule has 1 amide bonds. The molecule has 0 bridgehead atoms. The fraction of sp³-hybridized carbons (Fsp3) is 0.400. The first-order valence-corrected chi connectivity index (χ1v) is 9.24. The van der Waals surface area contributed by atoms with E-state index in [2.05, 4.69) is 26.5 Å². The molecule has 0 spiro atoms. The van der Waals surface area contributed by atoms with Crippen LogP contribution in [0.2, 0.25) is 0 Å². The Kier molecular flexibility index (Phi) is 5.89. The van der Waals surface area contributed by atoms with Gasteiger partial charge in [-0.3, -0.25) is 4.79 Å². The third kappa shape index (κ3) is 4.45. The van der Waals surface area contributed by atoms with Crippen molar-refractivity contribution in [2.45, 2.75) is 20.8 Å². The van der Waals surface area contributed by atoms with Crippen molar-refractivity contribution in [2.75, 3.05) is 37.1 Å². The average Bonchev–Trinajstić information content (AvgIpc) is 3.02. The Hall–Kier alpha value is -3.00. The lowest BCUT2D eigenvalue weighted by molar-refractivity contribution is -0.132. The van der Waals surface area contributed by atoms with Crippen LogP contribution in [0.3, 0.4) is 0 Å². The number of aliphatic hydroxyl groups is 1. The molecule has 0 saturated carbocycles. The van der Waals surface area contributed by atoms with Gasteiger partial charge in [0.25, 0.3) is 0 Å². The minimum absolute atomic E-state index is 0.0551. The normalized spacial score (nSPS) is 16.1. The molecule has 1 aromatic heterocycles. The Balaban J connectivity index is 1.75. The molecule has 0 saturated heterocycles. The molecule has 8 nitrogen and oxygen atoms in total. The van der Waals surface area contributed by atoms with E-state index >= 15 is 0 Å². The number of carbonyl (C=O) groups excluding carboxylic acids is 1. The van der Waals surface area contributed by atoms with E-state index in [0.717, 1.165) is 22.5 Å². The largest absolute Gasteiger partial charge is 0.395 e. The van der Waals surface area contributed by atoms with Gasteiger partial charge in [-0.1, -0.05) is 6.07 Å². The minimum atomic E-state index is -0.345. The van der Waals surface area contributed by atoms with Gasteiger partial charge in [0, 0.05) is 37.3 Å². The number of aliphatic hydroxyl groups excluding tert-OH is 1. The number of rotatable bonds is 6. The zero-order valence-electron chi connectivity index (χ0n) is 16.7. The second-order valence-corrected chi connectivity index (χ2v) is 7.10. The number of hydrogen-bond acceptors (Lipinski definition) is 7. The van der Waals surface area contributed by atoms with Crippen molar-refractivity contribution < 1.29 is 9.90 Å². The molecule has 1 aliphatic rings. The van der Waals surface area contributed by atoms with E-state index < -0.39 is 0 Å². The van der Waals surface area contributed by atoms with E-state index in [1.54, 1.807) is 24.3 Å². The summed E-state index contributed by atoms with van der Waals surface area (Å²) >= 11 is 0. The Bertz CT molecular complexity index is 878. The SMILES string of the molecule is CC1=NN(c2ccnc(Nc3cc(C)cc(C)c3)n2)CC1C(=O)N(C)CCO. The zero-order valence-corrected chi connectivity index (χ0v) is 16.7. The molecule has 3 rings (SSSR count). The molecular formula is C20H26N6O2. The molecule has 0 radical (unpaired) electrons. The molecular weight excluding hydrogens is 356 g/mol. The van der Waals surface area contributed by atoms with Gasteiger partial charge in [-0.25, -0.2) is 9.99 Å². The molecule has 8 heteroatoms. The number of aryl methyl sites for hydroxylation is 2. The first kappa shape index (κ1) is 19.8. The Labute approximate surface area is 164 Å². The summed E-state index contributed by atoms with van der Waals surface area (Å²) < 4.78 is 0. The summed E-state index contributed by atoms with van der Waals surface area (Å²) in [5, 5.41) is 18.5. The second kappa shape index (κ2) is 8.35. The van der Waals surface area contributed by atoms with E-state index in [0.29, 0.717) is 24.9 Å². The van der Waals surface area contributed by atoms with Crippen LogP contribution in [0, 0.1) is 19.8 Å². The van der Waals surface area contributed by atoms with E-state index in [9.17, 15) is 4.79 Å². The van der Waals surface area contributed by atoms with Crippen LogP contribution in [0.15, 0.2) is 35.6 Å². The third-order valence-corrected chi connectivity index (χ3v) is 4.63. The number of hydrogen-bond donors (Lipinski definition) is 2. The maximum atomic E-state index is 12.6. The summed E-state index contributed by atoms with van der Waals surface area (Å²) in [6, 6.07) is 7.95. The number of benzene rings is 1. The zero-order chi connectivity index (χ0) is 20.3. The van der Waals surface area contributed by atoms with Crippen molar-refractivity contribution in [1.82, 2.24) is 14.9 Å². The summed E-state index contributed by atoms with van der Waals surface area (Å²) in [6.45, 7) is 6.59. The van der Waals surface area contributed by atoms with Gasteiger partial charge in [-0.2, -0.15) is 10.1 Å². The molecule has 2 aromatic rings. The molecule has 1 aliphatic heterocycles. The van der Waals surface area contributed by atoms with Gasteiger partial charge in [0.15, 0.2) is 5.82 Å². The number of carbonyl (C=O) groups is 1. The summed E-state index contributed by atoms with van der Waals surface area (Å²) in [6.07, 6.45) is 1.67. The molecule has 2 heterocycles. The fourth-order valence-corrected chi connectivity index (χ4v) is 3.26. The highest BCUT2D eigenvalue weighted by Gasteiger charge is 2.33. The van der Waals surface area contributed by atoms with Crippen molar-refractivity contribution in [1.29, 1.82) is 0 Å². The monoisotopic (exact) mass is 382 g/mol. The number of hydrazone groups is 1. The van der Waals surface area contributed by atoms with Crippen LogP contribution in [-0.2, 0) is 4.79 Å². The van der Waals surface area contributed by atoms with Crippen molar-refractivity contribution in [3.05, 3.63) is 41.6 Å². The van der Waals surface area contributed by atoms with Crippen LogP contribution in [0.1, 0.15) is 18.1 Å². The standard InChI is InChI=1S/C20H26N6O2/c1-13-9-14(2)11-16(10-13)22-20-21-6-5-18(23-20)26-12-17(15(3)24-26)19(28)25(4)7-8-27/h5-6,9-11,17,27H,7-8,12H2,1-4H3,(H,21,22,23). The molecule has 2 N–H and O–H groups in total. The molecule has 0 aliphatic carbocycles. The van der Waals surface area contributed by atoms with Crippen molar-refractivity contribution >= 4 is 29.1 Å². The number of anilines is 3. The summed E-state index contributed by atoms with van der Waals surface area (Å²) in [7, 11) is 1.69. The smallest absolute Gasteiger partial charge is 0.233 e.